The molecule has 0 aromatic heterocycles. The summed E-state index contributed by atoms with van der Waals surface area (Å²) in [6.45, 7) is 6.65. The predicted molar refractivity (Wildman–Crippen MR) is 80.6 cm³/mol. The van der Waals surface area contributed by atoms with E-state index in [0.29, 0.717) is 22.3 Å². The Balaban J connectivity index is 2.68. The lowest BCUT2D eigenvalue weighted by Crippen LogP contribution is -2.04. The van der Waals surface area contributed by atoms with E-state index in [0.717, 1.165) is 0 Å². The zero-order valence-corrected chi connectivity index (χ0v) is 13.2. The summed E-state index contributed by atoms with van der Waals surface area (Å²) < 4.78 is 25.4. The Kier molecular flexibility index (Phi) is 3.72. The van der Waals surface area contributed by atoms with Crippen LogP contribution in [0, 0.1) is 27.7 Å². The van der Waals surface area contributed by atoms with Gasteiger partial charge in [0, 0.05) is 0 Å². The highest BCUT2D eigenvalue weighted by molar-refractivity contribution is 7.91. The van der Waals surface area contributed by atoms with Gasteiger partial charge in [-0.2, -0.15) is 0 Å². The first-order valence-corrected chi connectivity index (χ1v) is 7.98. The normalized spacial score (nSPS) is 11.6. The first-order valence-electron chi connectivity index (χ1n) is 6.50. The number of hydrogen-bond acceptors (Lipinski definition) is 4. The average Bonchev–Trinajstić information content (AvgIpc) is 2.40. The van der Waals surface area contributed by atoms with Gasteiger partial charge in [-0.15, -0.1) is 0 Å². The van der Waals surface area contributed by atoms with Gasteiger partial charge in [-0.3, -0.25) is 0 Å². The van der Waals surface area contributed by atoms with Crippen LogP contribution in [-0.4, -0.2) is 18.6 Å². The van der Waals surface area contributed by atoms with Gasteiger partial charge in [0.2, 0.25) is 9.84 Å². The first kappa shape index (κ1) is 15.4. The van der Waals surface area contributed by atoms with Gasteiger partial charge in [-0.1, -0.05) is 0 Å². The maximum Gasteiger partial charge on any atom is 0.206 e. The van der Waals surface area contributed by atoms with Crippen LogP contribution in [0.15, 0.2) is 34.1 Å². The van der Waals surface area contributed by atoms with E-state index in [1.165, 1.54) is 24.3 Å². The van der Waals surface area contributed by atoms with Crippen molar-refractivity contribution in [3.8, 4) is 11.5 Å². The Bertz CT molecular complexity index is 711. The van der Waals surface area contributed by atoms with Gasteiger partial charge in [0.15, 0.2) is 0 Å². The highest BCUT2D eigenvalue weighted by atomic mass is 32.2. The van der Waals surface area contributed by atoms with E-state index in [1.807, 2.05) is 0 Å². The Hall–Kier alpha value is -2.01. The zero-order chi connectivity index (χ0) is 15.9. The van der Waals surface area contributed by atoms with Crippen molar-refractivity contribution in [1.82, 2.24) is 0 Å². The molecule has 2 rings (SSSR count). The Morgan fingerprint density at radius 3 is 1.14 bits per heavy atom. The third-order valence-electron chi connectivity index (χ3n) is 3.55. The van der Waals surface area contributed by atoms with Crippen molar-refractivity contribution < 1.29 is 18.6 Å². The van der Waals surface area contributed by atoms with Crippen molar-refractivity contribution in [2.75, 3.05) is 0 Å². The molecule has 2 N–H and O–H groups in total. The molecule has 0 amide bonds. The molecule has 0 radical (unpaired) electrons. The van der Waals surface area contributed by atoms with E-state index < -0.39 is 9.84 Å². The minimum Gasteiger partial charge on any atom is -0.507 e. The Morgan fingerprint density at radius 2 is 0.905 bits per heavy atom. The SMILES string of the molecule is Cc1cc(S(=O)(=O)c2cc(C)c(O)c(C)c2)cc(C)c1O. The molecule has 21 heavy (non-hydrogen) atoms. The molecule has 0 heterocycles. The second-order valence-electron chi connectivity index (χ2n) is 5.31. The van der Waals surface area contributed by atoms with Crippen LogP contribution in [0.25, 0.3) is 0 Å². The fraction of sp³-hybridized carbons (Fsp3) is 0.250. The summed E-state index contributed by atoms with van der Waals surface area (Å²) in [6.07, 6.45) is 0. The molecule has 0 spiro atoms. The summed E-state index contributed by atoms with van der Waals surface area (Å²) in [5.41, 5.74) is 2.06. The third kappa shape index (κ3) is 2.61. The van der Waals surface area contributed by atoms with Gasteiger partial charge >= 0.3 is 0 Å². The fourth-order valence-electron chi connectivity index (χ4n) is 2.28. The van der Waals surface area contributed by atoms with Gasteiger partial charge in [0.1, 0.15) is 11.5 Å². The van der Waals surface area contributed by atoms with E-state index in [2.05, 4.69) is 0 Å². The van der Waals surface area contributed by atoms with Crippen LogP contribution in [0.3, 0.4) is 0 Å². The number of hydrogen-bond donors (Lipinski definition) is 2. The van der Waals surface area contributed by atoms with Crippen LogP contribution in [0.1, 0.15) is 22.3 Å². The molecule has 0 fully saturated rings. The molecule has 2 aromatic carbocycles. The number of benzene rings is 2. The molecule has 2 aromatic rings. The molecular weight excluding hydrogens is 288 g/mol. The van der Waals surface area contributed by atoms with E-state index in [4.69, 9.17) is 0 Å². The van der Waals surface area contributed by atoms with Gasteiger partial charge in [0.05, 0.1) is 9.79 Å². The molecule has 0 aliphatic heterocycles. The monoisotopic (exact) mass is 306 g/mol. The van der Waals surface area contributed by atoms with E-state index in [9.17, 15) is 18.6 Å². The van der Waals surface area contributed by atoms with Crippen molar-refractivity contribution in [3.63, 3.8) is 0 Å². The van der Waals surface area contributed by atoms with E-state index in [1.54, 1.807) is 27.7 Å². The van der Waals surface area contributed by atoms with Crippen LogP contribution in [0.2, 0.25) is 0 Å². The highest BCUT2D eigenvalue weighted by Crippen LogP contribution is 2.32. The average molecular weight is 306 g/mol. The first-order chi connectivity index (χ1) is 9.64. The van der Waals surface area contributed by atoms with Gasteiger partial charge < -0.3 is 10.2 Å². The number of rotatable bonds is 2. The van der Waals surface area contributed by atoms with Crippen molar-refractivity contribution in [2.24, 2.45) is 0 Å². The number of aryl methyl sites for hydroxylation is 4. The lowest BCUT2D eigenvalue weighted by molar-refractivity contribution is 0.466. The number of sulfone groups is 1. The van der Waals surface area contributed by atoms with Crippen molar-refractivity contribution >= 4 is 9.84 Å². The molecule has 0 aliphatic carbocycles. The quantitative estimate of drug-likeness (QED) is 0.893. The highest BCUT2D eigenvalue weighted by Gasteiger charge is 2.21. The van der Waals surface area contributed by atoms with Crippen LogP contribution in [-0.2, 0) is 9.84 Å². The summed E-state index contributed by atoms with van der Waals surface area (Å²) in [4.78, 5) is 0.277. The van der Waals surface area contributed by atoms with Gasteiger partial charge in [0.25, 0.3) is 0 Å². The van der Waals surface area contributed by atoms with Crippen LogP contribution >= 0.6 is 0 Å². The second-order valence-corrected chi connectivity index (χ2v) is 7.26. The molecule has 0 atom stereocenters. The summed E-state index contributed by atoms with van der Waals surface area (Å²) in [7, 11) is -3.68. The summed E-state index contributed by atoms with van der Waals surface area (Å²) in [5, 5.41) is 19.5. The lowest BCUT2D eigenvalue weighted by Gasteiger charge is -2.11. The molecule has 0 aliphatic rings. The molecule has 0 saturated carbocycles. The van der Waals surface area contributed by atoms with Crippen molar-refractivity contribution in [1.29, 1.82) is 0 Å². The molecule has 0 bridgehead atoms. The minimum absolute atomic E-state index is 0.104. The van der Waals surface area contributed by atoms with Gasteiger partial charge in [-0.25, -0.2) is 8.42 Å². The lowest BCUT2D eigenvalue weighted by atomic mass is 10.1. The fourth-order valence-corrected chi connectivity index (χ4v) is 3.88. The Morgan fingerprint density at radius 1 is 0.667 bits per heavy atom. The van der Waals surface area contributed by atoms with Crippen molar-refractivity contribution in [2.45, 2.75) is 37.5 Å². The predicted octanol–water partition coefficient (Wildman–Crippen LogP) is 3.16. The molecule has 112 valence electrons. The second kappa shape index (κ2) is 5.07. The molecule has 0 saturated heterocycles. The van der Waals surface area contributed by atoms with Crippen LogP contribution in [0.4, 0.5) is 0 Å². The number of phenolic OH excluding ortho intramolecular Hbond substituents is 2. The summed E-state index contributed by atoms with van der Waals surface area (Å²) in [5.74, 6) is 0.207. The topological polar surface area (TPSA) is 74.6 Å². The molecule has 0 unspecified atom stereocenters. The zero-order valence-electron chi connectivity index (χ0n) is 12.4. The number of phenols is 2. The van der Waals surface area contributed by atoms with Crippen LogP contribution < -0.4 is 0 Å². The smallest absolute Gasteiger partial charge is 0.206 e. The molecule has 4 nitrogen and oxygen atoms in total. The van der Waals surface area contributed by atoms with Crippen molar-refractivity contribution in [3.05, 3.63) is 46.5 Å². The summed E-state index contributed by atoms with van der Waals surface area (Å²) >= 11 is 0. The minimum atomic E-state index is -3.68. The van der Waals surface area contributed by atoms with Crippen LogP contribution in [0.5, 0.6) is 11.5 Å². The third-order valence-corrected chi connectivity index (χ3v) is 5.26. The van der Waals surface area contributed by atoms with E-state index in [-0.39, 0.29) is 21.3 Å². The van der Waals surface area contributed by atoms with E-state index >= 15 is 0 Å². The molecule has 5 heteroatoms. The Labute approximate surface area is 124 Å². The number of aromatic hydroxyl groups is 2. The summed E-state index contributed by atoms with van der Waals surface area (Å²) in [6, 6.07) is 5.81. The molecular formula is C16H18O4S. The standard InChI is InChI=1S/C16H18O4S/c1-9-5-13(6-10(2)15(9)17)21(19,20)14-7-11(3)16(18)12(4)8-14/h5-8,17-18H,1-4H3. The maximum absolute atomic E-state index is 12.7. The van der Waals surface area contributed by atoms with Gasteiger partial charge in [-0.05, 0) is 74.2 Å². The largest absolute Gasteiger partial charge is 0.507 e. The maximum atomic E-state index is 12.7.